The Morgan fingerprint density at radius 3 is 1.83 bits per heavy atom. The summed E-state index contributed by atoms with van der Waals surface area (Å²) < 4.78 is 0. The van der Waals surface area contributed by atoms with Crippen LogP contribution in [0.4, 0.5) is 0 Å². The van der Waals surface area contributed by atoms with Crippen LogP contribution >= 0.6 is 12.4 Å². The SMILES string of the molecule is C=CCN.Cl.O. The Kier molecular flexibility index (Phi) is 56.7. The zero-order valence-electron chi connectivity index (χ0n) is 3.48. The first-order valence-electron chi connectivity index (χ1n) is 1.22. The predicted molar refractivity (Wildman–Crippen MR) is 30.1 cm³/mol. The molecule has 0 aromatic rings. The molecule has 0 aliphatic carbocycles. The fraction of sp³-hybridized carbons (Fsp3) is 0.333. The molecule has 6 heavy (non-hydrogen) atoms. The molecule has 0 aromatic carbocycles. The lowest BCUT2D eigenvalue weighted by molar-refractivity contribution is 0.824. The summed E-state index contributed by atoms with van der Waals surface area (Å²) in [7, 11) is 0. The summed E-state index contributed by atoms with van der Waals surface area (Å²) in [5.41, 5.74) is 4.91. The lowest BCUT2D eigenvalue weighted by Crippen LogP contribution is -1.90. The van der Waals surface area contributed by atoms with Crippen LogP contribution in [0.15, 0.2) is 12.7 Å². The molecule has 0 aromatic heterocycles. The number of hydrogen-bond acceptors (Lipinski definition) is 1. The molecular formula is C3H10ClNO. The number of hydrogen-bond donors (Lipinski definition) is 1. The quantitative estimate of drug-likeness (QED) is 0.466. The third-order valence-electron chi connectivity index (χ3n) is 0.167. The monoisotopic (exact) mass is 111 g/mol. The van der Waals surface area contributed by atoms with Crippen LogP contribution in [0.1, 0.15) is 0 Å². The highest BCUT2D eigenvalue weighted by Gasteiger charge is 1.43. The van der Waals surface area contributed by atoms with Crippen molar-refractivity contribution in [3.05, 3.63) is 12.7 Å². The molecule has 0 atom stereocenters. The Morgan fingerprint density at radius 1 is 1.67 bits per heavy atom. The van der Waals surface area contributed by atoms with Crippen molar-refractivity contribution in [2.24, 2.45) is 5.73 Å². The fourth-order valence-electron chi connectivity index (χ4n) is 0. The molecule has 0 rings (SSSR count). The van der Waals surface area contributed by atoms with E-state index in [1.165, 1.54) is 0 Å². The van der Waals surface area contributed by atoms with Crippen molar-refractivity contribution >= 4 is 12.4 Å². The zero-order chi connectivity index (χ0) is 3.41. The fourth-order valence-corrected chi connectivity index (χ4v) is 0. The molecule has 0 aliphatic rings. The highest BCUT2D eigenvalue weighted by molar-refractivity contribution is 5.85. The topological polar surface area (TPSA) is 57.5 Å². The van der Waals surface area contributed by atoms with E-state index in [9.17, 15) is 0 Å². The minimum absolute atomic E-state index is 0. The Morgan fingerprint density at radius 2 is 1.83 bits per heavy atom. The summed E-state index contributed by atoms with van der Waals surface area (Å²) in [6.07, 6.45) is 1.65. The van der Waals surface area contributed by atoms with Gasteiger partial charge in [-0.1, -0.05) is 6.08 Å². The van der Waals surface area contributed by atoms with E-state index in [0.29, 0.717) is 6.54 Å². The lowest BCUT2D eigenvalue weighted by atomic mass is 10.7. The number of nitrogens with two attached hydrogens (primary N) is 1. The minimum Gasteiger partial charge on any atom is -0.412 e. The smallest absolute Gasteiger partial charge is 0.0104 e. The van der Waals surface area contributed by atoms with Crippen molar-refractivity contribution in [2.45, 2.75) is 0 Å². The van der Waals surface area contributed by atoms with Crippen LogP contribution in [0, 0.1) is 0 Å². The summed E-state index contributed by atoms with van der Waals surface area (Å²) >= 11 is 0. The molecule has 0 aliphatic heterocycles. The van der Waals surface area contributed by atoms with E-state index in [1.54, 1.807) is 6.08 Å². The standard InChI is InChI=1S/C3H7N.ClH.H2O/c1-2-3-4;;/h2H,1,3-4H2;1H;1H2. The average molecular weight is 112 g/mol. The zero-order valence-corrected chi connectivity index (χ0v) is 4.29. The van der Waals surface area contributed by atoms with E-state index in [2.05, 4.69) is 6.58 Å². The van der Waals surface area contributed by atoms with Gasteiger partial charge in [0.2, 0.25) is 0 Å². The van der Waals surface area contributed by atoms with E-state index in [0.717, 1.165) is 0 Å². The van der Waals surface area contributed by atoms with Gasteiger partial charge in [-0.05, 0) is 0 Å². The summed E-state index contributed by atoms with van der Waals surface area (Å²) in [6.45, 7) is 3.94. The maximum Gasteiger partial charge on any atom is 0.0104 e. The van der Waals surface area contributed by atoms with E-state index in [-0.39, 0.29) is 17.9 Å². The van der Waals surface area contributed by atoms with Crippen LogP contribution in [0.5, 0.6) is 0 Å². The molecule has 0 spiro atoms. The van der Waals surface area contributed by atoms with Gasteiger partial charge in [0.05, 0.1) is 0 Å². The molecule has 0 bridgehead atoms. The summed E-state index contributed by atoms with van der Waals surface area (Å²) in [5.74, 6) is 0. The van der Waals surface area contributed by atoms with Crippen LogP contribution < -0.4 is 5.73 Å². The van der Waals surface area contributed by atoms with E-state index >= 15 is 0 Å². The summed E-state index contributed by atoms with van der Waals surface area (Å²) in [4.78, 5) is 0. The van der Waals surface area contributed by atoms with Gasteiger partial charge in [-0.25, -0.2) is 0 Å². The molecule has 0 radical (unpaired) electrons. The van der Waals surface area contributed by atoms with Crippen molar-refractivity contribution in [3.8, 4) is 0 Å². The molecule has 40 valence electrons. The van der Waals surface area contributed by atoms with Crippen LogP contribution in [-0.4, -0.2) is 12.0 Å². The van der Waals surface area contributed by atoms with E-state index < -0.39 is 0 Å². The second kappa shape index (κ2) is 20.3. The maximum atomic E-state index is 4.91. The number of halogens is 1. The summed E-state index contributed by atoms with van der Waals surface area (Å²) in [6, 6.07) is 0. The van der Waals surface area contributed by atoms with Gasteiger partial charge in [-0.3, -0.25) is 0 Å². The molecule has 0 amide bonds. The normalized spacial score (nSPS) is 4.17. The van der Waals surface area contributed by atoms with Crippen LogP contribution in [0.2, 0.25) is 0 Å². The van der Waals surface area contributed by atoms with Crippen molar-refractivity contribution in [1.82, 2.24) is 0 Å². The van der Waals surface area contributed by atoms with Crippen LogP contribution in [-0.2, 0) is 0 Å². The molecule has 4 N–H and O–H groups in total. The predicted octanol–water partition coefficient (Wildman–Crippen LogP) is -0.272. The molecule has 0 heterocycles. The molecule has 0 fully saturated rings. The van der Waals surface area contributed by atoms with Gasteiger partial charge in [0.1, 0.15) is 0 Å². The van der Waals surface area contributed by atoms with E-state index in [4.69, 9.17) is 5.73 Å². The van der Waals surface area contributed by atoms with Crippen LogP contribution in [0.3, 0.4) is 0 Å². The van der Waals surface area contributed by atoms with Crippen LogP contribution in [0.25, 0.3) is 0 Å². The largest absolute Gasteiger partial charge is 0.412 e. The summed E-state index contributed by atoms with van der Waals surface area (Å²) in [5, 5.41) is 0. The number of rotatable bonds is 1. The molecule has 0 saturated heterocycles. The van der Waals surface area contributed by atoms with Crippen molar-refractivity contribution in [1.29, 1.82) is 0 Å². The average Bonchev–Trinajstić information content (AvgIpc) is 1.37. The Bertz CT molecular complexity index is 24.8. The molecular weight excluding hydrogens is 101 g/mol. The van der Waals surface area contributed by atoms with E-state index in [1.807, 2.05) is 0 Å². The third-order valence-corrected chi connectivity index (χ3v) is 0.167. The van der Waals surface area contributed by atoms with Gasteiger partial charge in [0, 0.05) is 6.54 Å². The first-order valence-corrected chi connectivity index (χ1v) is 1.22. The molecule has 0 unspecified atom stereocenters. The first-order chi connectivity index (χ1) is 1.91. The van der Waals surface area contributed by atoms with Crippen molar-refractivity contribution in [2.75, 3.05) is 6.54 Å². The molecule has 3 heteroatoms. The van der Waals surface area contributed by atoms with Gasteiger partial charge >= 0.3 is 0 Å². The van der Waals surface area contributed by atoms with Crippen molar-refractivity contribution in [3.63, 3.8) is 0 Å². The van der Waals surface area contributed by atoms with Gasteiger partial charge < -0.3 is 11.2 Å². The van der Waals surface area contributed by atoms with Gasteiger partial charge in [0.25, 0.3) is 0 Å². The highest BCUT2D eigenvalue weighted by atomic mass is 35.5. The lowest BCUT2D eigenvalue weighted by Gasteiger charge is -1.61. The molecule has 2 nitrogen and oxygen atoms in total. The highest BCUT2D eigenvalue weighted by Crippen LogP contribution is 1.40. The Labute approximate surface area is 43.8 Å². The second-order valence-corrected chi connectivity index (χ2v) is 0.524. The Balaban J connectivity index is -0.0000000450. The second-order valence-electron chi connectivity index (χ2n) is 0.524. The first kappa shape index (κ1) is 16.8. The van der Waals surface area contributed by atoms with Crippen molar-refractivity contribution < 1.29 is 5.48 Å². The molecule has 0 saturated carbocycles. The van der Waals surface area contributed by atoms with Gasteiger partial charge in [-0.2, -0.15) is 0 Å². The third kappa shape index (κ3) is 38.1. The van der Waals surface area contributed by atoms with Gasteiger partial charge in [-0.15, -0.1) is 19.0 Å². The minimum atomic E-state index is 0. The Hall–Kier alpha value is -0.0500. The maximum absolute atomic E-state index is 4.91. The van der Waals surface area contributed by atoms with Gasteiger partial charge in [0.15, 0.2) is 0 Å².